The lowest BCUT2D eigenvalue weighted by Gasteiger charge is -2.09. The molecule has 3 aromatic heterocycles. The number of aryl methyl sites for hydroxylation is 1. The number of hydrogen-bond acceptors (Lipinski definition) is 5. The maximum atomic E-state index is 15.0. The second-order valence-corrected chi connectivity index (χ2v) is 6.00. The standard InChI is InChI=1S/C16H19ClFN5O/c1-3-9(19)7-11-13(18)12-14(20-8-10-5-4-6-24-10)21-16(17)22-15(12)23(11)2/h4-6,9H,3,7-8,19H2,1-2H3,(H,20,21,22). The maximum Gasteiger partial charge on any atom is 0.226 e. The van der Waals surface area contributed by atoms with Crippen molar-refractivity contribution in [2.24, 2.45) is 12.8 Å². The monoisotopic (exact) mass is 351 g/mol. The molecule has 1 atom stereocenters. The zero-order valence-corrected chi connectivity index (χ0v) is 14.3. The molecule has 3 rings (SSSR count). The van der Waals surface area contributed by atoms with Crippen LogP contribution in [0.15, 0.2) is 22.8 Å². The molecule has 0 saturated carbocycles. The molecule has 0 bridgehead atoms. The van der Waals surface area contributed by atoms with Gasteiger partial charge in [0.2, 0.25) is 5.28 Å². The number of furan rings is 1. The van der Waals surface area contributed by atoms with Crippen molar-refractivity contribution < 1.29 is 8.81 Å². The molecule has 0 amide bonds. The first-order valence-electron chi connectivity index (χ1n) is 7.73. The summed E-state index contributed by atoms with van der Waals surface area (Å²) in [5.41, 5.74) is 6.92. The van der Waals surface area contributed by atoms with Gasteiger partial charge in [0.25, 0.3) is 0 Å². The fraction of sp³-hybridized carbons (Fsp3) is 0.375. The summed E-state index contributed by atoms with van der Waals surface area (Å²) in [6.07, 6.45) is 2.76. The Morgan fingerprint density at radius 3 is 2.92 bits per heavy atom. The van der Waals surface area contributed by atoms with Crippen LogP contribution >= 0.6 is 11.6 Å². The second-order valence-electron chi connectivity index (χ2n) is 5.66. The Labute approximate surface area is 143 Å². The number of nitrogens with two attached hydrogens (primary N) is 1. The van der Waals surface area contributed by atoms with E-state index in [1.165, 1.54) is 0 Å². The first-order chi connectivity index (χ1) is 11.5. The van der Waals surface area contributed by atoms with Crippen LogP contribution in [-0.2, 0) is 20.0 Å². The van der Waals surface area contributed by atoms with Gasteiger partial charge in [-0.3, -0.25) is 0 Å². The van der Waals surface area contributed by atoms with E-state index in [2.05, 4.69) is 15.3 Å². The molecule has 3 heterocycles. The first-order valence-corrected chi connectivity index (χ1v) is 8.11. The van der Waals surface area contributed by atoms with Crippen LogP contribution in [0, 0.1) is 5.82 Å². The molecular weight excluding hydrogens is 333 g/mol. The van der Waals surface area contributed by atoms with Crippen LogP contribution in [0.4, 0.5) is 10.2 Å². The highest BCUT2D eigenvalue weighted by molar-refractivity contribution is 6.28. The topological polar surface area (TPSA) is 81.9 Å². The van der Waals surface area contributed by atoms with E-state index in [1.807, 2.05) is 13.0 Å². The minimum Gasteiger partial charge on any atom is -0.467 e. The zero-order valence-electron chi connectivity index (χ0n) is 13.5. The van der Waals surface area contributed by atoms with Crippen molar-refractivity contribution in [1.82, 2.24) is 14.5 Å². The average Bonchev–Trinajstić information content (AvgIpc) is 3.16. The number of fused-ring (bicyclic) bond motifs is 1. The molecule has 3 aromatic rings. The highest BCUT2D eigenvalue weighted by Gasteiger charge is 2.22. The van der Waals surface area contributed by atoms with E-state index in [9.17, 15) is 4.39 Å². The number of nitrogens with one attached hydrogen (secondary N) is 1. The van der Waals surface area contributed by atoms with Gasteiger partial charge in [0.05, 0.1) is 23.9 Å². The molecule has 6 nitrogen and oxygen atoms in total. The first kappa shape index (κ1) is 16.7. The fourth-order valence-corrected chi connectivity index (χ4v) is 2.78. The number of nitrogens with zero attached hydrogens (tertiary/aromatic N) is 3. The molecule has 8 heteroatoms. The van der Waals surface area contributed by atoms with E-state index in [0.717, 1.165) is 6.42 Å². The summed E-state index contributed by atoms with van der Waals surface area (Å²) in [6, 6.07) is 3.48. The SMILES string of the molecule is CCC(N)Cc1c(F)c2c(NCc3ccco3)nc(Cl)nc2n1C. The fourth-order valence-electron chi connectivity index (χ4n) is 2.62. The zero-order chi connectivity index (χ0) is 17.3. The van der Waals surface area contributed by atoms with Crippen molar-refractivity contribution in [3.63, 3.8) is 0 Å². The lowest BCUT2D eigenvalue weighted by molar-refractivity contribution is 0.518. The third-order valence-corrected chi connectivity index (χ3v) is 4.22. The molecule has 0 aliphatic heterocycles. The van der Waals surface area contributed by atoms with Gasteiger partial charge in [-0.2, -0.15) is 9.97 Å². The summed E-state index contributed by atoms with van der Waals surface area (Å²) in [4.78, 5) is 8.30. The molecule has 0 fully saturated rings. The molecule has 0 radical (unpaired) electrons. The highest BCUT2D eigenvalue weighted by atomic mass is 35.5. The molecule has 24 heavy (non-hydrogen) atoms. The number of anilines is 1. The number of aromatic nitrogens is 3. The Kier molecular flexibility index (Phi) is 4.73. The van der Waals surface area contributed by atoms with Gasteiger partial charge in [0.1, 0.15) is 17.2 Å². The third-order valence-electron chi connectivity index (χ3n) is 4.05. The molecule has 1 unspecified atom stereocenters. The summed E-state index contributed by atoms with van der Waals surface area (Å²) in [5, 5.41) is 3.43. The van der Waals surface area contributed by atoms with Gasteiger partial charge in [-0.15, -0.1) is 0 Å². The average molecular weight is 352 g/mol. The summed E-state index contributed by atoms with van der Waals surface area (Å²) in [6.45, 7) is 2.34. The van der Waals surface area contributed by atoms with Gasteiger partial charge < -0.3 is 20.0 Å². The smallest absolute Gasteiger partial charge is 0.226 e. The van der Waals surface area contributed by atoms with Crippen LogP contribution in [0.25, 0.3) is 11.0 Å². The van der Waals surface area contributed by atoms with E-state index in [-0.39, 0.29) is 17.1 Å². The lowest BCUT2D eigenvalue weighted by atomic mass is 10.1. The molecule has 0 spiro atoms. The Hall–Kier alpha value is -2.12. The van der Waals surface area contributed by atoms with Gasteiger partial charge in [-0.05, 0) is 30.2 Å². The quantitative estimate of drug-likeness (QED) is 0.666. The van der Waals surface area contributed by atoms with E-state index < -0.39 is 0 Å². The molecule has 0 aromatic carbocycles. The summed E-state index contributed by atoms with van der Waals surface area (Å²) in [5.74, 6) is 0.684. The molecular formula is C16H19ClFN5O. The van der Waals surface area contributed by atoms with Crippen LogP contribution in [-0.4, -0.2) is 20.6 Å². The summed E-state index contributed by atoms with van der Waals surface area (Å²) in [7, 11) is 1.75. The van der Waals surface area contributed by atoms with Gasteiger partial charge in [-0.25, -0.2) is 4.39 Å². The lowest BCUT2D eigenvalue weighted by Crippen LogP contribution is -2.23. The minimum atomic E-state index is -0.366. The highest BCUT2D eigenvalue weighted by Crippen LogP contribution is 2.30. The van der Waals surface area contributed by atoms with Crippen molar-refractivity contribution in [2.75, 3.05) is 5.32 Å². The molecule has 0 aliphatic carbocycles. The predicted molar refractivity (Wildman–Crippen MR) is 91.5 cm³/mol. The normalized spacial score (nSPS) is 12.7. The van der Waals surface area contributed by atoms with Crippen molar-refractivity contribution in [3.05, 3.63) is 41.0 Å². The minimum absolute atomic E-state index is 0.0522. The van der Waals surface area contributed by atoms with Gasteiger partial charge in [0, 0.05) is 19.5 Å². The van der Waals surface area contributed by atoms with E-state index >= 15 is 0 Å². The van der Waals surface area contributed by atoms with E-state index in [0.29, 0.717) is 41.3 Å². The molecule has 128 valence electrons. The van der Waals surface area contributed by atoms with Crippen LogP contribution < -0.4 is 11.1 Å². The van der Waals surface area contributed by atoms with E-state index in [1.54, 1.807) is 23.9 Å². The Bertz CT molecular complexity index is 846. The molecule has 3 N–H and O–H groups in total. The van der Waals surface area contributed by atoms with Crippen molar-refractivity contribution in [1.29, 1.82) is 0 Å². The number of hydrogen-bond donors (Lipinski definition) is 2. The van der Waals surface area contributed by atoms with E-state index in [4.69, 9.17) is 21.8 Å². The van der Waals surface area contributed by atoms with Crippen LogP contribution in [0.2, 0.25) is 5.28 Å². The summed E-state index contributed by atoms with van der Waals surface area (Å²) < 4.78 is 21.9. The van der Waals surface area contributed by atoms with Gasteiger partial charge >= 0.3 is 0 Å². The Morgan fingerprint density at radius 1 is 1.46 bits per heavy atom. The predicted octanol–water partition coefficient (Wildman–Crippen LogP) is 3.25. The van der Waals surface area contributed by atoms with Crippen LogP contribution in [0.3, 0.4) is 0 Å². The molecule has 0 aliphatic rings. The van der Waals surface area contributed by atoms with Crippen molar-refractivity contribution in [3.8, 4) is 0 Å². The largest absolute Gasteiger partial charge is 0.467 e. The van der Waals surface area contributed by atoms with Crippen molar-refractivity contribution >= 4 is 28.5 Å². The van der Waals surface area contributed by atoms with Gasteiger partial charge in [0.15, 0.2) is 5.82 Å². The van der Waals surface area contributed by atoms with Crippen LogP contribution in [0.1, 0.15) is 24.8 Å². The second kappa shape index (κ2) is 6.78. The molecule has 0 saturated heterocycles. The van der Waals surface area contributed by atoms with Crippen molar-refractivity contribution in [2.45, 2.75) is 32.4 Å². The summed E-state index contributed by atoms with van der Waals surface area (Å²) >= 11 is 6.00. The maximum absolute atomic E-state index is 15.0. The number of halogens is 2. The van der Waals surface area contributed by atoms with Crippen LogP contribution in [0.5, 0.6) is 0 Å². The Morgan fingerprint density at radius 2 is 2.25 bits per heavy atom. The van der Waals surface area contributed by atoms with Gasteiger partial charge in [-0.1, -0.05) is 6.92 Å². The number of rotatable bonds is 6. The third kappa shape index (κ3) is 3.09. The Balaban J connectivity index is 2.03.